The van der Waals surface area contributed by atoms with Crippen LogP contribution in [-0.2, 0) is 6.42 Å². The molecule has 124 valence electrons. The largest absolute Gasteiger partial charge is 0.497 e. The Hall–Kier alpha value is -1.66. The zero-order valence-corrected chi connectivity index (χ0v) is 14.6. The first-order chi connectivity index (χ1) is 11.3. The number of anilines is 1. The molecule has 1 saturated heterocycles. The molecule has 1 unspecified atom stereocenters. The molecule has 5 nitrogen and oxygen atoms in total. The van der Waals surface area contributed by atoms with Crippen LogP contribution in [0.2, 0.25) is 0 Å². The molecule has 23 heavy (non-hydrogen) atoms. The number of nitrogens with one attached hydrogen (secondary N) is 1. The van der Waals surface area contributed by atoms with Gasteiger partial charge in [0.05, 0.1) is 13.2 Å². The number of methoxy groups -OCH3 is 1. The van der Waals surface area contributed by atoms with Crippen LogP contribution in [-0.4, -0.2) is 41.0 Å². The molecule has 1 N–H and O–H groups in total. The Labute approximate surface area is 141 Å². The summed E-state index contributed by atoms with van der Waals surface area (Å²) in [4.78, 5) is 7.06. The van der Waals surface area contributed by atoms with Crippen LogP contribution in [0.25, 0.3) is 0 Å². The maximum Gasteiger partial charge on any atom is 0.202 e. The molecule has 0 spiro atoms. The standard InChI is InChI=1S/C17H24N4OS/c1-3-16-19-17(23-20-16)18-12-15(21-10-4-5-11-21)13-6-8-14(22-2)9-7-13/h6-9,15H,3-5,10-12H2,1-2H3,(H,18,19,20). The SMILES string of the molecule is CCc1nsc(NCC(c2ccc(OC)cc2)N2CCCC2)n1. The summed E-state index contributed by atoms with van der Waals surface area (Å²) >= 11 is 1.45. The number of benzene rings is 1. The van der Waals surface area contributed by atoms with Crippen LogP contribution in [0.3, 0.4) is 0 Å². The molecule has 1 aromatic carbocycles. The fourth-order valence-corrected chi connectivity index (χ4v) is 3.65. The lowest BCUT2D eigenvalue weighted by atomic mass is 10.1. The zero-order valence-electron chi connectivity index (χ0n) is 13.8. The van der Waals surface area contributed by atoms with Crippen LogP contribution in [0.1, 0.15) is 37.2 Å². The third-order valence-electron chi connectivity index (χ3n) is 4.31. The summed E-state index contributed by atoms with van der Waals surface area (Å²) in [6, 6.07) is 8.77. The lowest BCUT2D eigenvalue weighted by Crippen LogP contribution is -2.31. The van der Waals surface area contributed by atoms with E-state index in [4.69, 9.17) is 4.74 Å². The Balaban J connectivity index is 1.71. The fraction of sp³-hybridized carbons (Fsp3) is 0.529. The highest BCUT2D eigenvalue weighted by molar-refractivity contribution is 7.09. The number of ether oxygens (including phenoxy) is 1. The number of aryl methyl sites for hydroxylation is 1. The molecule has 1 atom stereocenters. The van der Waals surface area contributed by atoms with Crippen molar-refractivity contribution in [2.24, 2.45) is 0 Å². The van der Waals surface area contributed by atoms with E-state index in [2.05, 4.69) is 38.6 Å². The summed E-state index contributed by atoms with van der Waals surface area (Å²) in [5, 5.41) is 4.39. The Morgan fingerprint density at radius 3 is 2.61 bits per heavy atom. The van der Waals surface area contributed by atoms with Crippen molar-refractivity contribution in [3.63, 3.8) is 0 Å². The number of nitrogens with zero attached hydrogens (tertiary/aromatic N) is 3. The van der Waals surface area contributed by atoms with Crippen molar-refractivity contribution >= 4 is 16.7 Å². The zero-order chi connectivity index (χ0) is 16.1. The first kappa shape index (κ1) is 16.2. The first-order valence-electron chi connectivity index (χ1n) is 8.24. The Kier molecular flexibility index (Phi) is 5.46. The summed E-state index contributed by atoms with van der Waals surface area (Å²) in [6.45, 7) is 5.25. The molecule has 0 radical (unpaired) electrons. The molecule has 3 rings (SSSR count). The molecule has 0 bridgehead atoms. The molecular weight excluding hydrogens is 308 g/mol. The van der Waals surface area contributed by atoms with E-state index < -0.39 is 0 Å². The summed E-state index contributed by atoms with van der Waals surface area (Å²) in [5.41, 5.74) is 1.32. The summed E-state index contributed by atoms with van der Waals surface area (Å²) < 4.78 is 9.62. The van der Waals surface area contributed by atoms with Gasteiger partial charge in [0.15, 0.2) is 0 Å². The van der Waals surface area contributed by atoms with Crippen LogP contribution in [0.4, 0.5) is 5.13 Å². The van der Waals surface area contributed by atoms with E-state index in [0.29, 0.717) is 6.04 Å². The van der Waals surface area contributed by atoms with Crippen LogP contribution < -0.4 is 10.1 Å². The van der Waals surface area contributed by atoms with Crippen molar-refractivity contribution in [3.8, 4) is 5.75 Å². The van der Waals surface area contributed by atoms with Crippen molar-refractivity contribution in [1.29, 1.82) is 0 Å². The van der Waals surface area contributed by atoms with Gasteiger partial charge in [-0.1, -0.05) is 19.1 Å². The third kappa shape index (κ3) is 4.00. The Morgan fingerprint density at radius 2 is 2.00 bits per heavy atom. The number of aromatic nitrogens is 2. The fourth-order valence-electron chi connectivity index (χ4n) is 2.99. The lowest BCUT2D eigenvalue weighted by molar-refractivity contribution is 0.256. The van der Waals surface area contributed by atoms with Gasteiger partial charge in [-0.25, -0.2) is 4.98 Å². The van der Waals surface area contributed by atoms with Gasteiger partial charge in [-0.3, -0.25) is 4.90 Å². The van der Waals surface area contributed by atoms with Crippen LogP contribution in [0.15, 0.2) is 24.3 Å². The van der Waals surface area contributed by atoms with Gasteiger partial charge in [-0.15, -0.1) is 0 Å². The molecule has 0 saturated carbocycles. The molecular formula is C17H24N4OS. The average molecular weight is 332 g/mol. The highest BCUT2D eigenvalue weighted by Crippen LogP contribution is 2.27. The highest BCUT2D eigenvalue weighted by atomic mass is 32.1. The van der Waals surface area contributed by atoms with E-state index in [-0.39, 0.29) is 0 Å². The molecule has 0 amide bonds. The minimum absolute atomic E-state index is 0.359. The van der Waals surface area contributed by atoms with E-state index in [1.54, 1.807) is 7.11 Å². The van der Waals surface area contributed by atoms with Crippen molar-refractivity contribution in [2.45, 2.75) is 32.2 Å². The van der Waals surface area contributed by atoms with Crippen LogP contribution in [0.5, 0.6) is 5.75 Å². The molecule has 1 aliphatic heterocycles. The second-order valence-corrected chi connectivity index (χ2v) is 6.53. The van der Waals surface area contributed by atoms with Crippen molar-refractivity contribution in [2.75, 3.05) is 32.1 Å². The quantitative estimate of drug-likeness (QED) is 0.842. The van der Waals surface area contributed by atoms with Crippen molar-refractivity contribution in [3.05, 3.63) is 35.7 Å². The summed E-state index contributed by atoms with van der Waals surface area (Å²) in [6.07, 6.45) is 3.45. The van der Waals surface area contributed by atoms with E-state index in [1.807, 2.05) is 12.1 Å². The normalized spacial score (nSPS) is 16.4. The van der Waals surface area contributed by atoms with Gasteiger partial charge in [-0.05, 0) is 43.6 Å². The summed E-state index contributed by atoms with van der Waals surface area (Å²) in [5.74, 6) is 1.82. The van der Waals surface area contributed by atoms with E-state index in [1.165, 1.54) is 29.9 Å². The molecule has 2 heterocycles. The van der Waals surface area contributed by atoms with Gasteiger partial charge >= 0.3 is 0 Å². The van der Waals surface area contributed by atoms with Gasteiger partial charge < -0.3 is 10.1 Å². The number of hydrogen-bond donors (Lipinski definition) is 1. The maximum atomic E-state index is 5.27. The van der Waals surface area contributed by atoms with Gasteiger partial charge in [0.1, 0.15) is 11.6 Å². The van der Waals surface area contributed by atoms with Gasteiger partial charge in [0.25, 0.3) is 0 Å². The number of hydrogen-bond acceptors (Lipinski definition) is 6. The average Bonchev–Trinajstić information content (AvgIpc) is 3.27. The second kappa shape index (κ2) is 7.75. The minimum Gasteiger partial charge on any atom is -0.497 e. The predicted octanol–water partition coefficient (Wildman–Crippen LogP) is 3.36. The topological polar surface area (TPSA) is 50.3 Å². The molecule has 1 aliphatic rings. The predicted molar refractivity (Wildman–Crippen MR) is 94.3 cm³/mol. The van der Waals surface area contributed by atoms with E-state index >= 15 is 0 Å². The lowest BCUT2D eigenvalue weighted by Gasteiger charge is -2.28. The molecule has 1 aromatic heterocycles. The Morgan fingerprint density at radius 1 is 1.26 bits per heavy atom. The maximum absolute atomic E-state index is 5.27. The van der Waals surface area contributed by atoms with Crippen LogP contribution in [0, 0.1) is 0 Å². The molecule has 1 fully saturated rings. The monoisotopic (exact) mass is 332 g/mol. The number of likely N-dealkylation sites (tertiary alicyclic amines) is 1. The van der Waals surface area contributed by atoms with Gasteiger partial charge in [0, 0.05) is 24.5 Å². The van der Waals surface area contributed by atoms with Crippen LogP contribution >= 0.6 is 11.5 Å². The van der Waals surface area contributed by atoms with E-state index in [9.17, 15) is 0 Å². The Bertz CT molecular complexity index is 607. The first-order valence-corrected chi connectivity index (χ1v) is 9.02. The third-order valence-corrected chi connectivity index (χ3v) is 5.02. The number of rotatable bonds is 7. The summed E-state index contributed by atoms with van der Waals surface area (Å²) in [7, 11) is 1.70. The minimum atomic E-state index is 0.359. The van der Waals surface area contributed by atoms with Crippen molar-refractivity contribution < 1.29 is 4.74 Å². The van der Waals surface area contributed by atoms with Gasteiger partial charge in [-0.2, -0.15) is 4.37 Å². The molecule has 0 aliphatic carbocycles. The van der Waals surface area contributed by atoms with E-state index in [0.717, 1.165) is 42.8 Å². The van der Waals surface area contributed by atoms with Crippen molar-refractivity contribution in [1.82, 2.24) is 14.3 Å². The molecule has 2 aromatic rings. The van der Waals surface area contributed by atoms with Gasteiger partial charge in [0.2, 0.25) is 5.13 Å². The second-order valence-electron chi connectivity index (χ2n) is 5.78. The smallest absolute Gasteiger partial charge is 0.202 e. The highest BCUT2D eigenvalue weighted by Gasteiger charge is 2.23. The molecule has 6 heteroatoms.